The summed E-state index contributed by atoms with van der Waals surface area (Å²) >= 11 is 0. The number of nitrogens with zero attached hydrogens (tertiary/aromatic N) is 2. The SMILES string of the molecule is Cc1ccccc1CN(C(=O)CN(c1ccc(C23CC4CC(CC(C4)C2)C3)cc1)S(C)(=O)=O)[C@H](Cc1ccccc1)C(=O)NCC(C)C. The van der Waals surface area contributed by atoms with E-state index in [9.17, 15) is 18.0 Å². The molecule has 48 heavy (non-hydrogen) atoms. The normalized spacial score (nSPS) is 23.6. The summed E-state index contributed by atoms with van der Waals surface area (Å²) in [6.07, 6.45) is 9.21. The molecule has 1 atom stereocenters. The van der Waals surface area contributed by atoms with Gasteiger partial charge in [-0.25, -0.2) is 8.42 Å². The van der Waals surface area contributed by atoms with E-state index in [0.29, 0.717) is 18.7 Å². The van der Waals surface area contributed by atoms with E-state index in [2.05, 4.69) is 17.4 Å². The molecule has 256 valence electrons. The number of hydrogen-bond acceptors (Lipinski definition) is 4. The topological polar surface area (TPSA) is 86.8 Å². The number of aryl methyl sites for hydroxylation is 1. The maximum absolute atomic E-state index is 14.5. The first-order valence-corrected chi connectivity index (χ1v) is 19.5. The van der Waals surface area contributed by atoms with Crippen molar-refractivity contribution in [3.63, 3.8) is 0 Å². The first kappa shape index (κ1) is 34.2. The van der Waals surface area contributed by atoms with E-state index in [1.54, 1.807) is 4.90 Å². The average molecular weight is 670 g/mol. The monoisotopic (exact) mass is 669 g/mol. The first-order chi connectivity index (χ1) is 22.9. The maximum atomic E-state index is 14.5. The molecular formula is C40H51N3O4S. The fraction of sp³-hybridized carbons (Fsp3) is 0.500. The van der Waals surface area contributed by atoms with Gasteiger partial charge in [0, 0.05) is 19.5 Å². The Morgan fingerprint density at radius 1 is 0.854 bits per heavy atom. The van der Waals surface area contributed by atoms with E-state index in [-0.39, 0.29) is 23.8 Å². The lowest BCUT2D eigenvalue weighted by Gasteiger charge is -2.57. The minimum atomic E-state index is -3.83. The smallest absolute Gasteiger partial charge is 0.244 e. The van der Waals surface area contributed by atoms with Gasteiger partial charge < -0.3 is 10.2 Å². The van der Waals surface area contributed by atoms with Gasteiger partial charge in [0.1, 0.15) is 12.6 Å². The van der Waals surface area contributed by atoms with Gasteiger partial charge in [0.25, 0.3) is 0 Å². The summed E-state index contributed by atoms with van der Waals surface area (Å²) in [6.45, 7) is 6.30. The molecule has 3 aromatic rings. The van der Waals surface area contributed by atoms with Gasteiger partial charge in [0.05, 0.1) is 11.9 Å². The van der Waals surface area contributed by atoms with Crippen LogP contribution in [0.5, 0.6) is 0 Å². The fourth-order valence-corrected chi connectivity index (χ4v) is 9.86. The van der Waals surface area contributed by atoms with Gasteiger partial charge in [-0.1, -0.05) is 80.6 Å². The lowest BCUT2D eigenvalue weighted by Crippen LogP contribution is -2.53. The quantitative estimate of drug-likeness (QED) is 0.221. The summed E-state index contributed by atoms with van der Waals surface area (Å²) in [6, 6.07) is 24.6. The fourth-order valence-electron chi connectivity index (χ4n) is 9.01. The average Bonchev–Trinajstić information content (AvgIpc) is 3.04. The highest BCUT2D eigenvalue weighted by Gasteiger charge is 2.51. The molecule has 0 heterocycles. The van der Waals surface area contributed by atoms with Crippen molar-refractivity contribution in [2.45, 2.75) is 83.7 Å². The van der Waals surface area contributed by atoms with Crippen LogP contribution >= 0.6 is 0 Å². The molecule has 3 aromatic carbocycles. The number of carbonyl (C=O) groups excluding carboxylic acids is 2. The van der Waals surface area contributed by atoms with Crippen LogP contribution in [0.15, 0.2) is 78.9 Å². The molecule has 4 saturated carbocycles. The second-order valence-electron chi connectivity index (χ2n) is 15.3. The number of nitrogens with one attached hydrogen (secondary N) is 1. The molecule has 0 aromatic heterocycles. The Morgan fingerprint density at radius 2 is 1.44 bits per heavy atom. The predicted molar refractivity (Wildman–Crippen MR) is 192 cm³/mol. The molecular weight excluding hydrogens is 619 g/mol. The molecule has 1 N–H and O–H groups in total. The summed E-state index contributed by atoms with van der Waals surface area (Å²) < 4.78 is 27.9. The summed E-state index contributed by atoms with van der Waals surface area (Å²) in [7, 11) is -3.83. The number of benzene rings is 3. The van der Waals surface area contributed by atoms with Crippen LogP contribution in [0.2, 0.25) is 0 Å². The Hall–Kier alpha value is -3.65. The molecule has 4 fully saturated rings. The molecule has 4 aliphatic rings. The molecule has 0 aliphatic heterocycles. The van der Waals surface area contributed by atoms with Gasteiger partial charge in [-0.15, -0.1) is 0 Å². The highest BCUT2D eigenvalue weighted by molar-refractivity contribution is 7.92. The minimum absolute atomic E-state index is 0.181. The largest absolute Gasteiger partial charge is 0.354 e. The zero-order chi connectivity index (χ0) is 34.1. The van der Waals surface area contributed by atoms with Gasteiger partial charge in [0.2, 0.25) is 21.8 Å². The molecule has 8 heteroatoms. The minimum Gasteiger partial charge on any atom is -0.354 e. The van der Waals surface area contributed by atoms with Crippen molar-refractivity contribution in [1.29, 1.82) is 0 Å². The van der Waals surface area contributed by atoms with Crippen molar-refractivity contribution in [1.82, 2.24) is 10.2 Å². The number of anilines is 1. The molecule has 0 saturated heterocycles. The number of amides is 2. The lowest BCUT2D eigenvalue weighted by atomic mass is 9.48. The molecule has 7 rings (SSSR count). The van der Waals surface area contributed by atoms with E-state index in [1.165, 1.54) is 48.4 Å². The Morgan fingerprint density at radius 3 is 2.00 bits per heavy atom. The molecule has 4 aliphatic carbocycles. The lowest BCUT2D eigenvalue weighted by molar-refractivity contribution is -0.140. The first-order valence-electron chi connectivity index (χ1n) is 17.6. The van der Waals surface area contributed by atoms with E-state index in [0.717, 1.165) is 40.7 Å². The van der Waals surface area contributed by atoms with Gasteiger partial charge in [-0.3, -0.25) is 13.9 Å². The zero-order valence-corrected chi connectivity index (χ0v) is 29.7. The molecule has 2 amide bonds. The van der Waals surface area contributed by atoms with Crippen molar-refractivity contribution in [3.05, 3.63) is 101 Å². The number of sulfonamides is 1. The van der Waals surface area contributed by atoms with Crippen LogP contribution in [0.1, 0.15) is 74.6 Å². The Balaban J connectivity index is 1.31. The van der Waals surface area contributed by atoms with Crippen LogP contribution < -0.4 is 9.62 Å². The van der Waals surface area contributed by atoms with Crippen molar-refractivity contribution < 1.29 is 18.0 Å². The molecule has 0 unspecified atom stereocenters. The van der Waals surface area contributed by atoms with Crippen LogP contribution in [-0.2, 0) is 38.0 Å². The van der Waals surface area contributed by atoms with Gasteiger partial charge in [-0.05, 0) is 109 Å². The number of rotatable bonds is 13. The summed E-state index contributed by atoms with van der Waals surface area (Å²) in [5.74, 6) is 1.98. The Labute approximate surface area is 287 Å². The molecule has 7 nitrogen and oxygen atoms in total. The van der Waals surface area contributed by atoms with Crippen molar-refractivity contribution in [3.8, 4) is 0 Å². The van der Waals surface area contributed by atoms with Crippen LogP contribution in [-0.4, -0.2) is 50.5 Å². The number of carbonyl (C=O) groups is 2. The Bertz CT molecular complexity index is 1670. The number of hydrogen-bond donors (Lipinski definition) is 1. The van der Waals surface area contributed by atoms with Crippen LogP contribution in [0, 0.1) is 30.6 Å². The highest BCUT2D eigenvalue weighted by atomic mass is 32.2. The van der Waals surface area contributed by atoms with Crippen LogP contribution in [0.4, 0.5) is 5.69 Å². The molecule has 0 spiro atoms. The van der Waals surface area contributed by atoms with E-state index >= 15 is 0 Å². The third-order valence-corrected chi connectivity index (χ3v) is 12.2. The summed E-state index contributed by atoms with van der Waals surface area (Å²) in [5.41, 5.74) is 4.79. The van der Waals surface area contributed by atoms with Crippen molar-refractivity contribution in [2.75, 3.05) is 23.7 Å². The van der Waals surface area contributed by atoms with Crippen molar-refractivity contribution in [2.24, 2.45) is 23.7 Å². The summed E-state index contributed by atoms with van der Waals surface area (Å²) in [4.78, 5) is 30.0. The van der Waals surface area contributed by atoms with Crippen LogP contribution in [0.25, 0.3) is 0 Å². The second kappa shape index (κ2) is 14.1. The highest BCUT2D eigenvalue weighted by Crippen LogP contribution is 2.60. The van der Waals surface area contributed by atoms with Gasteiger partial charge in [-0.2, -0.15) is 0 Å². The third kappa shape index (κ3) is 7.64. The van der Waals surface area contributed by atoms with Gasteiger partial charge in [0.15, 0.2) is 0 Å². The zero-order valence-electron chi connectivity index (χ0n) is 28.9. The Kier molecular flexibility index (Phi) is 10.0. The van der Waals surface area contributed by atoms with E-state index in [1.807, 2.05) is 87.5 Å². The van der Waals surface area contributed by atoms with Crippen molar-refractivity contribution >= 4 is 27.5 Å². The van der Waals surface area contributed by atoms with E-state index in [4.69, 9.17) is 0 Å². The van der Waals surface area contributed by atoms with Gasteiger partial charge >= 0.3 is 0 Å². The van der Waals surface area contributed by atoms with Crippen LogP contribution in [0.3, 0.4) is 0 Å². The summed E-state index contributed by atoms with van der Waals surface area (Å²) in [5, 5.41) is 3.05. The van der Waals surface area contributed by atoms with E-state index < -0.39 is 28.5 Å². The molecule has 4 bridgehead atoms. The second-order valence-corrected chi connectivity index (χ2v) is 17.2. The predicted octanol–water partition coefficient (Wildman–Crippen LogP) is 6.64. The molecule has 0 radical (unpaired) electrons. The third-order valence-electron chi connectivity index (χ3n) is 11.0. The maximum Gasteiger partial charge on any atom is 0.244 e. The standard InChI is InChI=1S/C40H51N3O4S/c1-28(2)25-41-39(45)37(21-30-11-6-5-7-12-30)42(26-34-13-9-8-10-29(34)3)38(44)27-43(48(4,46)47)36-16-14-35(15-17-36)40-22-31-18-32(23-40)20-33(19-31)24-40/h5-17,28,31-33,37H,18-27H2,1-4H3,(H,41,45)/t31?,32?,33?,37-,40?/m1/s1.